The molecule has 0 atom stereocenters. The van der Waals surface area contributed by atoms with Crippen molar-refractivity contribution in [2.45, 2.75) is 32.2 Å². The zero-order chi connectivity index (χ0) is 10.6. The predicted molar refractivity (Wildman–Crippen MR) is 56.0 cm³/mol. The van der Waals surface area contributed by atoms with Gasteiger partial charge in [0.1, 0.15) is 0 Å². The van der Waals surface area contributed by atoms with Gasteiger partial charge in [0.25, 0.3) is 10.2 Å². The Bertz CT molecular complexity index is 256. The Morgan fingerprint density at radius 1 is 1.43 bits per heavy atom. The lowest BCUT2D eigenvalue weighted by atomic mass is 10.5. The number of hydrogen-bond acceptors (Lipinski definition) is 3. The standard InChI is InChI=1S/C8H19N3O2S/c1-2-6-11(7-5-9)14(12,13)10-8-3-4-8/h8,10H,2-7,9H2,1H3. The molecule has 0 unspecified atom stereocenters. The molecule has 1 aliphatic carbocycles. The Morgan fingerprint density at radius 3 is 2.50 bits per heavy atom. The lowest BCUT2D eigenvalue weighted by Crippen LogP contribution is -2.44. The van der Waals surface area contributed by atoms with Crippen molar-refractivity contribution < 1.29 is 8.42 Å². The molecule has 0 aromatic rings. The largest absolute Gasteiger partial charge is 0.329 e. The summed E-state index contributed by atoms with van der Waals surface area (Å²) in [5, 5.41) is 0. The van der Waals surface area contributed by atoms with Crippen molar-refractivity contribution in [1.82, 2.24) is 9.03 Å². The summed E-state index contributed by atoms with van der Waals surface area (Å²) in [5.74, 6) is 0. The highest BCUT2D eigenvalue weighted by atomic mass is 32.2. The van der Waals surface area contributed by atoms with Crippen molar-refractivity contribution in [3.05, 3.63) is 0 Å². The molecule has 6 heteroatoms. The van der Waals surface area contributed by atoms with Gasteiger partial charge in [-0.05, 0) is 19.3 Å². The highest BCUT2D eigenvalue weighted by Crippen LogP contribution is 2.20. The molecule has 0 radical (unpaired) electrons. The minimum Gasteiger partial charge on any atom is -0.329 e. The molecule has 0 aromatic heterocycles. The van der Waals surface area contributed by atoms with Gasteiger partial charge in [-0.1, -0.05) is 6.92 Å². The van der Waals surface area contributed by atoms with Crippen molar-refractivity contribution in [1.29, 1.82) is 0 Å². The van der Waals surface area contributed by atoms with E-state index in [1.165, 1.54) is 4.31 Å². The second-order valence-corrected chi connectivity index (χ2v) is 5.29. The second-order valence-electron chi connectivity index (χ2n) is 3.58. The van der Waals surface area contributed by atoms with Crippen molar-refractivity contribution in [3.63, 3.8) is 0 Å². The van der Waals surface area contributed by atoms with Crippen LogP contribution < -0.4 is 10.5 Å². The zero-order valence-corrected chi connectivity index (χ0v) is 9.39. The molecule has 1 aliphatic rings. The van der Waals surface area contributed by atoms with Gasteiger partial charge in [0.2, 0.25) is 0 Å². The highest BCUT2D eigenvalue weighted by Gasteiger charge is 2.30. The van der Waals surface area contributed by atoms with Crippen LogP contribution in [0.3, 0.4) is 0 Å². The summed E-state index contributed by atoms with van der Waals surface area (Å²) in [6, 6.07) is 0.164. The van der Waals surface area contributed by atoms with E-state index < -0.39 is 10.2 Å². The summed E-state index contributed by atoms with van der Waals surface area (Å²) in [5.41, 5.74) is 5.37. The molecule has 84 valence electrons. The molecule has 14 heavy (non-hydrogen) atoms. The summed E-state index contributed by atoms with van der Waals surface area (Å²) in [6.45, 7) is 3.26. The van der Waals surface area contributed by atoms with Crippen LogP contribution in [0.1, 0.15) is 26.2 Å². The first kappa shape index (κ1) is 11.9. The second kappa shape index (κ2) is 5.06. The zero-order valence-electron chi connectivity index (χ0n) is 8.57. The third-order valence-electron chi connectivity index (χ3n) is 2.08. The van der Waals surface area contributed by atoms with Crippen molar-refractivity contribution in [3.8, 4) is 0 Å². The Hall–Kier alpha value is -0.170. The topological polar surface area (TPSA) is 75.4 Å². The fourth-order valence-electron chi connectivity index (χ4n) is 1.23. The summed E-state index contributed by atoms with van der Waals surface area (Å²) >= 11 is 0. The fraction of sp³-hybridized carbons (Fsp3) is 1.00. The number of nitrogens with zero attached hydrogens (tertiary/aromatic N) is 1. The number of nitrogens with one attached hydrogen (secondary N) is 1. The van der Waals surface area contributed by atoms with Gasteiger partial charge >= 0.3 is 0 Å². The molecule has 0 bridgehead atoms. The summed E-state index contributed by atoms with van der Waals surface area (Å²) < 4.78 is 27.5. The Morgan fingerprint density at radius 2 is 2.07 bits per heavy atom. The Labute approximate surface area is 85.8 Å². The molecular formula is C8H19N3O2S. The van der Waals surface area contributed by atoms with Crippen LogP contribution in [0, 0.1) is 0 Å². The first-order valence-electron chi connectivity index (χ1n) is 5.07. The van der Waals surface area contributed by atoms with Crippen molar-refractivity contribution in [2.75, 3.05) is 19.6 Å². The van der Waals surface area contributed by atoms with E-state index in [1.807, 2.05) is 6.92 Å². The van der Waals surface area contributed by atoms with Crippen LogP contribution in [0.4, 0.5) is 0 Å². The van der Waals surface area contributed by atoms with Crippen LogP contribution in [-0.4, -0.2) is 38.4 Å². The van der Waals surface area contributed by atoms with E-state index in [2.05, 4.69) is 4.72 Å². The Balaban J connectivity index is 2.53. The van der Waals surface area contributed by atoms with E-state index in [0.717, 1.165) is 19.3 Å². The molecule has 0 heterocycles. The van der Waals surface area contributed by atoms with E-state index >= 15 is 0 Å². The molecule has 3 N–H and O–H groups in total. The van der Waals surface area contributed by atoms with E-state index in [-0.39, 0.29) is 6.04 Å². The van der Waals surface area contributed by atoms with E-state index in [1.54, 1.807) is 0 Å². The summed E-state index contributed by atoms with van der Waals surface area (Å²) in [4.78, 5) is 0. The van der Waals surface area contributed by atoms with Crippen LogP contribution >= 0.6 is 0 Å². The van der Waals surface area contributed by atoms with Gasteiger partial charge in [-0.2, -0.15) is 17.4 Å². The first-order valence-corrected chi connectivity index (χ1v) is 6.51. The molecule has 0 aromatic carbocycles. The molecule has 0 aliphatic heterocycles. The van der Waals surface area contributed by atoms with Crippen LogP contribution in [-0.2, 0) is 10.2 Å². The van der Waals surface area contributed by atoms with Crippen molar-refractivity contribution >= 4 is 10.2 Å². The fourth-order valence-corrected chi connectivity index (χ4v) is 2.81. The molecule has 0 amide bonds. The quantitative estimate of drug-likeness (QED) is 0.617. The maximum atomic E-state index is 11.7. The highest BCUT2D eigenvalue weighted by molar-refractivity contribution is 7.87. The average molecular weight is 221 g/mol. The molecule has 0 spiro atoms. The molecule has 0 saturated heterocycles. The third-order valence-corrected chi connectivity index (χ3v) is 3.76. The molecular weight excluding hydrogens is 202 g/mol. The average Bonchev–Trinajstić information content (AvgIpc) is 2.87. The number of hydrogen-bond donors (Lipinski definition) is 2. The van der Waals surface area contributed by atoms with Crippen molar-refractivity contribution in [2.24, 2.45) is 5.73 Å². The summed E-state index contributed by atoms with van der Waals surface area (Å²) in [7, 11) is -3.28. The maximum Gasteiger partial charge on any atom is 0.279 e. The van der Waals surface area contributed by atoms with E-state index in [0.29, 0.717) is 19.6 Å². The molecule has 1 rings (SSSR count). The normalized spacial score (nSPS) is 17.6. The van der Waals surface area contributed by atoms with Crippen LogP contribution in [0.15, 0.2) is 0 Å². The van der Waals surface area contributed by atoms with Gasteiger partial charge in [0.15, 0.2) is 0 Å². The number of rotatable bonds is 7. The van der Waals surface area contributed by atoms with Crippen LogP contribution in [0.2, 0.25) is 0 Å². The summed E-state index contributed by atoms with van der Waals surface area (Å²) in [6.07, 6.45) is 2.73. The smallest absolute Gasteiger partial charge is 0.279 e. The van der Waals surface area contributed by atoms with Gasteiger partial charge in [-0.15, -0.1) is 0 Å². The number of nitrogens with two attached hydrogens (primary N) is 1. The SMILES string of the molecule is CCCN(CCN)S(=O)(=O)NC1CC1. The lowest BCUT2D eigenvalue weighted by Gasteiger charge is -2.20. The van der Waals surface area contributed by atoms with E-state index in [9.17, 15) is 8.42 Å². The van der Waals surface area contributed by atoms with Crippen LogP contribution in [0.25, 0.3) is 0 Å². The monoisotopic (exact) mass is 221 g/mol. The molecule has 1 saturated carbocycles. The van der Waals surface area contributed by atoms with Gasteiger partial charge in [-0.25, -0.2) is 0 Å². The first-order chi connectivity index (χ1) is 6.60. The third kappa shape index (κ3) is 3.53. The predicted octanol–water partition coefficient (Wildman–Crippen LogP) is -0.346. The Kier molecular flexibility index (Phi) is 4.31. The molecule has 5 nitrogen and oxygen atoms in total. The van der Waals surface area contributed by atoms with Gasteiger partial charge in [0, 0.05) is 25.7 Å². The van der Waals surface area contributed by atoms with Crippen LogP contribution in [0.5, 0.6) is 0 Å². The lowest BCUT2D eigenvalue weighted by molar-refractivity contribution is 0.409. The minimum absolute atomic E-state index is 0.164. The van der Waals surface area contributed by atoms with Gasteiger partial charge < -0.3 is 5.73 Å². The van der Waals surface area contributed by atoms with Gasteiger partial charge in [-0.3, -0.25) is 0 Å². The molecule has 1 fully saturated rings. The maximum absolute atomic E-state index is 11.7. The minimum atomic E-state index is -3.28. The van der Waals surface area contributed by atoms with Gasteiger partial charge in [0.05, 0.1) is 0 Å². The van der Waals surface area contributed by atoms with E-state index in [4.69, 9.17) is 5.73 Å².